The van der Waals surface area contributed by atoms with Gasteiger partial charge in [-0.3, -0.25) is 14.3 Å². The van der Waals surface area contributed by atoms with Crippen LogP contribution in [0.3, 0.4) is 0 Å². The minimum absolute atomic E-state index is 0.0998. The molecule has 0 spiro atoms. The number of rotatable bonds is 7. The second-order valence-electron chi connectivity index (χ2n) is 6.43. The Balaban J connectivity index is 1.67. The molecular weight excluding hydrogens is 404 g/mol. The molecule has 154 valence electrons. The standard InChI is InChI=1S/C20H20N6O3S/c1-14(13-26-9-8-23-20(26)21-3)19(27)24-11-16-4-6-17(7-5-16)30(28,29)18-12-22-10-15(2)25-18/h4-10,12-13H,3,11H2,1-2H3,(H,24,27)/b14-13+. The number of carbonyl (C=O) groups excluding carboxylic acids is 1. The number of carbonyl (C=O) groups is 1. The summed E-state index contributed by atoms with van der Waals surface area (Å²) < 4.78 is 26.9. The minimum atomic E-state index is -3.75. The first-order chi connectivity index (χ1) is 14.3. The Morgan fingerprint density at radius 3 is 2.67 bits per heavy atom. The summed E-state index contributed by atoms with van der Waals surface area (Å²) in [6, 6.07) is 6.25. The Labute approximate surface area is 174 Å². The molecule has 1 aromatic carbocycles. The third-order valence-corrected chi connectivity index (χ3v) is 5.82. The number of hydrogen-bond donors (Lipinski definition) is 1. The van der Waals surface area contributed by atoms with Crippen LogP contribution in [0, 0.1) is 6.92 Å². The summed E-state index contributed by atoms with van der Waals surface area (Å²) in [7, 11) is -3.75. The maximum Gasteiger partial charge on any atom is 0.248 e. The maximum atomic E-state index is 12.7. The average molecular weight is 424 g/mol. The summed E-state index contributed by atoms with van der Waals surface area (Å²) >= 11 is 0. The van der Waals surface area contributed by atoms with E-state index in [0.29, 0.717) is 17.2 Å². The van der Waals surface area contributed by atoms with Gasteiger partial charge in [-0.15, -0.1) is 0 Å². The van der Waals surface area contributed by atoms with Crippen molar-refractivity contribution < 1.29 is 13.2 Å². The number of aryl methyl sites for hydroxylation is 1. The molecule has 10 heteroatoms. The van der Waals surface area contributed by atoms with Crippen LogP contribution >= 0.6 is 0 Å². The maximum absolute atomic E-state index is 12.7. The van der Waals surface area contributed by atoms with E-state index < -0.39 is 9.84 Å². The van der Waals surface area contributed by atoms with Crippen LogP contribution in [0.5, 0.6) is 0 Å². The number of nitrogens with zero attached hydrogens (tertiary/aromatic N) is 5. The van der Waals surface area contributed by atoms with Gasteiger partial charge >= 0.3 is 0 Å². The molecule has 1 amide bonds. The largest absolute Gasteiger partial charge is 0.348 e. The molecule has 0 aliphatic carbocycles. The zero-order valence-electron chi connectivity index (χ0n) is 16.5. The molecule has 0 aliphatic rings. The normalized spacial score (nSPS) is 11.9. The van der Waals surface area contributed by atoms with Crippen LogP contribution < -0.4 is 5.32 Å². The van der Waals surface area contributed by atoms with Crippen molar-refractivity contribution in [3.8, 4) is 0 Å². The predicted molar refractivity (Wildman–Crippen MR) is 112 cm³/mol. The highest BCUT2D eigenvalue weighted by molar-refractivity contribution is 7.91. The van der Waals surface area contributed by atoms with Gasteiger partial charge in [0.05, 0.1) is 16.8 Å². The molecule has 0 saturated heterocycles. The smallest absolute Gasteiger partial charge is 0.248 e. The summed E-state index contributed by atoms with van der Waals surface area (Å²) in [5.41, 5.74) is 1.72. The van der Waals surface area contributed by atoms with E-state index in [9.17, 15) is 13.2 Å². The van der Waals surface area contributed by atoms with E-state index in [1.807, 2.05) is 0 Å². The first kappa shape index (κ1) is 21.1. The Kier molecular flexibility index (Phi) is 6.17. The zero-order chi connectivity index (χ0) is 21.7. The second kappa shape index (κ2) is 8.78. The molecule has 1 N–H and O–H groups in total. The van der Waals surface area contributed by atoms with Crippen molar-refractivity contribution >= 4 is 34.6 Å². The third kappa shape index (κ3) is 4.66. The SMILES string of the molecule is C=Nc1nccn1/C=C(\C)C(=O)NCc1ccc(S(=O)(=O)c2cncc(C)n2)cc1. The van der Waals surface area contributed by atoms with Crippen LogP contribution in [-0.2, 0) is 21.2 Å². The van der Waals surface area contributed by atoms with Crippen LogP contribution in [-0.4, -0.2) is 40.6 Å². The number of hydrogen-bond acceptors (Lipinski definition) is 7. The molecule has 30 heavy (non-hydrogen) atoms. The van der Waals surface area contributed by atoms with Crippen molar-refractivity contribution in [3.63, 3.8) is 0 Å². The first-order valence-corrected chi connectivity index (χ1v) is 10.4. The highest BCUT2D eigenvalue weighted by atomic mass is 32.2. The van der Waals surface area contributed by atoms with Crippen molar-refractivity contribution in [3.05, 3.63) is 65.9 Å². The van der Waals surface area contributed by atoms with E-state index in [0.717, 1.165) is 5.56 Å². The molecule has 2 aromatic heterocycles. The van der Waals surface area contributed by atoms with Crippen LogP contribution in [0.25, 0.3) is 6.20 Å². The highest BCUT2D eigenvalue weighted by Crippen LogP contribution is 2.19. The number of amides is 1. The van der Waals surface area contributed by atoms with Crippen LogP contribution in [0.1, 0.15) is 18.2 Å². The molecule has 0 unspecified atom stereocenters. The fraction of sp³-hybridized carbons (Fsp3) is 0.150. The molecule has 3 aromatic rings. The lowest BCUT2D eigenvalue weighted by atomic mass is 10.2. The van der Waals surface area contributed by atoms with E-state index in [1.54, 1.807) is 49.1 Å². The summed E-state index contributed by atoms with van der Waals surface area (Å²) in [6.45, 7) is 7.01. The van der Waals surface area contributed by atoms with E-state index in [2.05, 4.69) is 32.0 Å². The Hall–Kier alpha value is -3.66. The van der Waals surface area contributed by atoms with Crippen molar-refractivity contribution in [1.29, 1.82) is 0 Å². The van der Waals surface area contributed by atoms with E-state index in [1.165, 1.54) is 24.5 Å². The van der Waals surface area contributed by atoms with Gasteiger partial charge in [-0.05, 0) is 38.3 Å². The van der Waals surface area contributed by atoms with Gasteiger partial charge in [-0.25, -0.2) is 23.4 Å². The van der Waals surface area contributed by atoms with Crippen molar-refractivity contribution in [1.82, 2.24) is 24.8 Å². The van der Waals surface area contributed by atoms with Crippen LogP contribution in [0.4, 0.5) is 5.95 Å². The van der Waals surface area contributed by atoms with Gasteiger partial charge < -0.3 is 5.32 Å². The summed E-state index contributed by atoms with van der Waals surface area (Å²) in [5.74, 6) is 0.114. The van der Waals surface area contributed by atoms with Gasteiger partial charge in [0.1, 0.15) is 0 Å². The molecule has 2 heterocycles. The summed E-state index contributed by atoms with van der Waals surface area (Å²) in [4.78, 5) is 28.1. The third-order valence-electron chi connectivity index (χ3n) is 4.18. The van der Waals surface area contributed by atoms with Crippen molar-refractivity contribution in [2.24, 2.45) is 4.99 Å². The number of sulfone groups is 1. The lowest BCUT2D eigenvalue weighted by molar-refractivity contribution is -0.117. The topological polar surface area (TPSA) is 119 Å². The van der Waals surface area contributed by atoms with E-state index in [-0.39, 0.29) is 22.4 Å². The number of aliphatic imine (C=N–C) groups is 1. The number of benzene rings is 1. The van der Waals surface area contributed by atoms with Gasteiger partial charge in [0.25, 0.3) is 0 Å². The number of nitrogens with one attached hydrogen (secondary N) is 1. The van der Waals surface area contributed by atoms with Crippen LogP contribution in [0.2, 0.25) is 0 Å². The average Bonchev–Trinajstić information content (AvgIpc) is 3.19. The molecule has 0 radical (unpaired) electrons. The molecular formula is C20H20N6O3S. The highest BCUT2D eigenvalue weighted by Gasteiger charge is 2.19. The second-order valence-corrected chi connectivity index (χ2v) is 8.33. The minimum Gasteiger partial charge on any atom is -0.348 e. The zero-order valence-corrected chi connectivity index (χ0v) is 17.3. The molecule has 0 fully saturated rings. The Morgan fingerprint density at radius 1 is 1.27 bits per heavy atom. The predicted octanol–water partition coefficient (Wildman–Crippen LogP) is 2.32. The van der Waals surface area contributed by atoms with Gasteiger partial charge in [0.2, 0.25) is 21.7 Å². The van der Waals surface area contributed by atoms with Gasteiger partial charge in [0.15, 0.2) is 5.03 Å². The first-order valence-electron chi connectivity index (χ1n) is 8.90. The molecule has 9 nitrogen and oxygen atoms in total. The van der Waals surface area contributed by atoms with Crippen molar-refractivity contribution in [2.75, 3.05) is 0 Å². The van der Waals surface area contributed by atoms with Gasteiger partial charge in [0, 0.05) is 36.9 Å². The Bertz CT molecular complexity index is 1210. The molecule has 0 aliphatic heterocycles. The summed E-state index contributed by atoms with van der Waals surface area (Å²) in [5, 5.41) is 2.69. The molecule has 0 bridgehead atoms. The van der Waals surface area contributed by atoms with E-state index >= 15 is 0 Å². The Morgan fingerprint density at radius 2 is 2.00 bits per heavy atom. The van der Waals surface area contributed by atoms with Crippen LogP contribution in [0.15, 0.2) is 69.5 Å². The monoisotopic (exact) mass is 424 g/mol. The quantitative estimate of drug-likeness (QED) is 0.459. The lowest BCUT2D eigenvalue weighted by Gasteiger charge is -2.08. The van der Waals surface area contributed by atoms with Gasteiger partial charge in [-0.1, -0.05) is 12.1 Å². The fourth-order valence-electron chi connectivity index (χ4n) is 2.59. The fourth-order valence-corrected chi connectivity index (χ4v) is 3.79. The molecule has 3 rings (SSSR count). The van der Waals surface area contributed by atoms with Gasteiger partial charge in [-0.2, -0.15) is 0 Å². The lowest BCUT2D eigenvalue weighted by Crippen LogP contribution is -2.23. The van der Waals surface area contributed by atoms with Crippen molar-refractivity contribution in [2.45, 2.75) is 30.3 Å². The van der Waals surface area contributed by atoms with E-state index in [4.69, 9.17) is 0 Å². The number of aromatic nitrogens is 4. The number of imidazole rings is 1. The summed E-state index contributed by atoms with van der Waals surface area (Å²) in [6.07, 6.45) is 7.54. The molecule has 0 atom stereocenters. The molecule has 0 saturated carbocycles.